The zero-order valence-electron chi connectivity index (χ0n) is 10.1. The van der Waals surface area contributed by atoms with E-state index in [4.69, 9.17) is 0 Å². The molecule has 1 aromatic rings. The monoisotopic (exact) mass is 220 g/mol. The molecule has 4 heteroatoms. The van der Waals surface area contributed by atoms with Gasteiger partial charge in [-0.2, -0.15) is 0 Å². The maximum absolute atomic E-state index is 4.37. The Labute approximate surface area is 97.1 Å². The van der Waals surface area contributed by atoms with Crippen LogP contribution >= 0.6 is 0 Å². The molecule has 1 aromatic heterocycles. The van der Waals surface area contributed by atoms with E-state index in [9.17, 15) is 0 Å². The Balaban J connectivity index is 2.00. The van der Waals surface area contributed by atoms with E-state index >= 15 is 0 Å². The first-order valence-electron chi connectivity index (χ1n) is 5.97. The van der Waals surface area contributed by atoms with Crippen molar-refractivity contribution >= 4 is 0 Å². The molecule has 1 saturated heterocycles. The van der Waals surface area contributed by atoms with Crippen LogP contribution in [0.4, 0.5) is 0 Å². The van der Waals surface area contributed by atoms with Crippen LogP contribution in [0.25, 0.3) is 0 Å². The highest BCUT2D eigenvalue weighted by molar-refractivity contribution is 5.01. The van der Waals surface area contributed by atoms with E-state index in [0.29, 0.717) is 12.1 Å². The summed E-state index contributed by atoms with van der Waals surface area (Å²) < 4.78 is 0. The number of aromatic nitrogens is 2. The van der Waals surface area contributed by atoms with Crippen molar-refractivity contribution in [3.05, 3.63) is 24.3 Å². The van der Waals surface area contributed by atoms with Gasteiger partial charge >= 0.3 is 0 Å². The van der Waals surface area contributed by atoms with Crippen molar-refractivity contribution in [3.63, 3.8) is 0 Å². The van der Waals surface area contributed by atoms with E-state index in [1.165, 1.54) is 12.8 Å². The molecule has 0 saturated carbocycles. The van der Waals surface area contributed by atoms with Crippen LogP contribution < -0.4 is 5.32 Å². The minimum absolute atomic E-state index is 0.344. The zero-order valence-corrected chi connectivity index (χ0v) is 10.1. The second kappa shape index (κ2) is 5.37. The average molecular weight is 220 g/mol. The lowest BCUT2D eigenvalue weighted by molar-refractivity contribution is 0.150. The third-order valence-electron chi connectivity index (χ3n) is 3.51. The van der Waals surface area contributed by atoms with Gasteiger partial charge in [0.2, 0.25) is 0 Å². The second-order valence-corrected chi connectivity index (χ2v) is 4.45. The van der Waals surface area contributed by atoms with E-state index in [1.807, 2.05) is 6.20 Å². The van der Waals surface area contributed by atoms with Crippen LogP contribution in [-0.2, 0) is 0 Å². The molecule has 0 spiro atoms. The summed E-state index contributed by atoms with van der Waals surface area (Å²) in [4.78, 5) is 10.9. The largest absolute Gasteiger partial charge is 0.317 e. The summed E-state index contributed by atoms with van der Waals surface area (Å²) in [7, 11) is 2.19. The van der Waals surface area contributed by atoms with Crippen LogP contribution in [0.3, 0.4) is 0 Å². The molecule has 0 amide bonds. The van der Waals surface area contributed by atoms with Crippen molar-refractivity contribution in [2.24, 2.45) is 0 Å². The molecule has 1 N–H and O–H groups in total. The van der Waals surface area contributed by atoms with Crippen molar-refractivity contribution in [1.82, 2.24) is 20.2 Å². The number of nitrogens with zero attached hydrogens (tertiary/aromatic N) is 3. The van der Waals surface area contributed by atoms with Gasteiger partial charge in [0.1, 0.15) is 0 Å². The van der Waals surface area contributed by atoms with E-state index < -0.39 is 0 Å². The number of hydrogen-bond acceptors (Lipinski definition) is 4. The SMILES string of the molecule is C[C@@H](c1cnccn1)N(C)C1CCNCC1. The Morgan fingerprint density at radius 1 is 1.38 bits per heavy atom. The van der Waals surface area contributed by atoms with Crippen molar-refractivity contribution in [1.29, 1.82) is 0 Å². The number of piperidine rings is 1. The minimum atomic E-state index is 0.344. The Hall–Kier alpha value is -1.00. The molecule has 1 aliphatic heterocycles. The molecule has 0 bridgehead atoms. The van der Waals surface area contributed by atoms with E-state index in [1.54, 1.807) is 12.4 Å². The third-order valence-corrected chi connectivity index (χ3v) is 3.51. The van der Waals surface area contributed by atoms with Crippen LogP contribution in [0.2, 0.25) is 0 Å². The Morgan fingerprint density at radius 2 is 2.12 bits per heavy atom. The summed E-state index contributed by atoms with van der Waals surface area (Å²) in [5, 5.41) is 3.39. The molecule has 2 heterocycles. The highest BCUT2D eigenvalue weighted by Crippen LogP contribution is 2.21. The first-order chi connectivity index (χ1) is 7.79. The van der Waals surface area contributed by atoms with Crippen LogP contribution in [0, 0.1) is 0 Å². The smallest absolute Gasteiger partial charge is 0.0755 e. The van der Waals surface area contributed by atoms with Crippen molar-refractivity contribution < 1.29 is 0 Å². The normalized spacial score (nSPS) is 19.9. The predicted molar refractivity (Wildman–Crippen MR) is 64.1 cm³/mol. The van der Waals surface area contributed by atoms with Gasteiger partial charge in [0, 0.05) is 24.6 Å². The molecule has 2 rings (SSSR count). The molecule has 0 aromatic carbocycles. The van der Waals surface area contributed by atoms with Gasteiger partial charge in [-0.15, -0.1) is 0 Å². The summed E-state index contributed by atoms with van der Waals surface area (Å²) in [5.74, 6) is 0. The van der Waals surface area contributed by atoms with E-state index in [0.717, 1.165) is 18.8 Å². The van der Waals surface area contributed by atoms with Gasteiger partial charge in [-0.3, -0.25) is 14.9 Å². The molecule has 0 unspecified atom stereocenters. The van der Waals surface area contributed by atoms with E-state index in [-0.39, 0.29) is 0 Å². The lowest BCUT2D eigenvalue weighted by Gasteiger charge is -2.35. The quantitative estimate of drug-likeness (QED) is 0.831. The highest BCUT2D eigenvalue weighted by Gasteiger charge is 2.23. The topological polar surface area (TPSA) is 41.1 Å². The van der Waals surface area contributed by atoms with Crippen LogP contribution in [0.1, 0.15) is 31.5 Å². The summed E-state index contributed by atoms with van der Waals surface area (Å²) in [6.45, 7) is 4.45. The molecule has 0 radical (unpaired) electrons. The summed E-state index contributed by atoms with van der Waals surface area (Å²) in [6, 6.07) is 1.01. The molecule has 1 fully saturated rings. The maximum Gasteiger partial charge on any atom is 0.0755 e. The minimum Gasteiger partial charge on any atom is -0.317 e. The van der Waals surface area contributed by atoms with E-state index in [2.05, 4.69) is 34.2 Å². The molecule has 1 aliphatic rings. The Bertz CT molecular complexity index is 308. The predicted octanol–water partition coefficient (Wildman–Crippen LogP) is 1.22. The van der Waals surface area contributed by atoms with Gasteiger partial charge in [0.15, 0.2) is 0 Å². The number of nitrogens with one attached hydrogen (secondary N) is 1. The molecule has 88 valence electrons. The highest BCUT2D eigenvalue weighted by atomic mass is 15.2. The van der Waals surface area contributed by atoms with Gasteiger partial charge in [-0.25, -0.2) is 0 Å². The van der Waals surface area contributed by atoms with Crippen LogP contribution in [-0.4, -0.2) is 41.0 Å². The first-order valence-corrected chi connectivity index (χ1v) is 5.97. The van der Waals surface area contributed by atoms with Crippen molar-refractivity contribution in [3.8, 4) is 0 Å². The standard InChI is InChI=1S/C12H20N4/c1-10(12-9-14-7-8-15-12)16(2)11-3-5-13-6-4-11/h7-11,13H,3-6H2,1-2H3/t10-/m0/s1. The van der Waals surface area contributed by atoms with Gasteiger partial charge in [-0.1, -0.05) is 0 Å². The lowest BCUT2D eigenvalue weighted by Crippen LogP contribution is -2.42. The zero-order chi connectivity index (χ0) is 11.4. The Morgan fingerprint density at radius 3 is 2.75 bits per heavy atom. The molecule has 0 aliphatic carbocycles. The van der Waals surface area contributed by atoms with Crippen LogP contribution in [0.15, 0.2) is 18.6 Å². The fraction of sp³-hybridized carbons (Fsp3) is 0.667. The van der Waals surface area contributed by atoms with Crippen molar-refractivity contribution in [2.75, 3.05) is 20.1 Å². The molecule has 4 nitrogen and oxygen atoms in total. The maximum atomic E-state index is 4.37. The first kappa shape index (κ1) is 11.5. The van der Waals surface area contributed by atoms with Crippen molar-refractivity contribution in [2.45, 2.75) is 31.8 Å². The van der Waals surface area contributed by atoms with Crippen LogP contribution in [0.5, 0.6) is 0 Å². The molecular weight excluding hydrogens is 200 g/mol. The number of hydrogen-bond donors (Lipinski definition) is 1. The van der Waals surface area contributed by atoms with Gasteiger partial charge in [0.05, 0.1) is 11.7 Å². The van der Waals surface area contributed by atoms with Gasteiger partial charge in [-0.05, 0) is 39.9 Å². The average Bonchev–Trinajstić information content (AvgIpc) is 2.39. The summed E-state index contributed by atoms with van der Waals surface area (Å²) in [6.07, 6.45) is 7.80. The molecule has 16 heavy (non-hydrogen) atoms. The number of rotatable bonds is 3. The van der Waals surface area contributed by atoms with Gasteiger partial charge in [0.25, 0.3) is 0 Å². The molecular formula is C12H20N4. The second-order valence-electron chi connectivity index (χ2n) is 4.45. The fourth-order valence-corrected chi connectivity index (χ4v) is 2.27. The molecule has 1 atom stereocenters. The fourth-order valence-electron chi connectivity index (χ4n) is 2.27. The summed E-state index contributed by atoms with van der Waals surface area (Å²) >= 11 is 0. The van der Waals surface area contributed by atoms with Gasteiger partial charge < -0.3 is 5.32 Å². The summed E-state index contributed by atoms with van der Waals surface area (Å²) in [5.41, 5.74) is 1.06. The third kappa shape index (κ3) is 2.57. The lowest BCUT2D eigenvalue weighted by atomic mass is 10.0. The Kier molecular flexibility index (Phi) is 3.85.